The van der Waals surface area contributed by atoms with Crippen molar-refractivity contribution in [2.45, 2.75) is 17.5 Å². The number of nitrogens with zero attached hydrogens (tertiary/aromatic N) is 3. The number of hydrogen-bond acceptors (Lipinski definition) is 5. The third-order valence-corrected chi connectivity index (χ3v) is 9.62. The number of carbonyl (C=O) groups excluding carboxylic acids is 1. The van der Waals surface area contributed by atoms with Crippen LogP contribution in [0.15, 0.2) is 114 Å². The fourth-order valence-corrected chi connectivity index (χ4v) is 7.06. The highest BCUT2D eigenvalue weighted by atomic mass is 35.5. The summed E-state index contributed by atoms with van der Waals surface area (Å²) in [6, 6.07) is 34.4. The molecule has 1 aliphatic heterocycles. The van der Waals surface area contributed by atoms with Crippen LogP contribution in [0.4, 0.5) is 0 Å². The first-order valence-electron chi connectivity index (χ1n) is 13.9. The summed E-state index contributed by atoms with van der Waals surface area (Å²) in [6.45, 7) is 2.12. The van der Waals surface area contributed by atoms with Gasteiger partial charge in [-0.15, -0.1) is 0 Å². The summed E-state index contributed by atoms with van der Waals surface area (Å²) in [5.41, 5.74) is 3.18. The number of benzene rings is 4. The van der Waals surface area contributed by atoms with Crippen LogP contribution in [0.2, 0.25) is 5.02 Å². The number of methoxy groups -OCH3 is 1. The first-order valence-corrected chi connectivity index (χ1v) is 15.7. The molecule has 1 amide bonds. The average molecular weight is 604 g/mol. The second-order valence-corrected chi connectivity index (χ2v) is 12.5. The zero-order valence-corrected chi connectivity index (χ0v) is 25.0. The highest BCUT2D eigenvalue weighted by Gasteiger charge is 2.32. The van der Waals surface area contributed by atoms with Crippen LogP contribution in [0.5, 0.6) is 5.75 Å². The molecule has 1 aliphatic rings. The van der Waals surface area contributed by atoms with Crippen LogP contribution >= 0.6 is 11.6 Å². The summed E-state index contributed by atoms with van der Waals surface area (Å²) >= 11 is 6.27. The molecule has 0 unspecified atom stereocenters. The predicted molar refractivity (Wildman–Crippen MR) is 165 cm³/mol. The molecule has 0 N–H and O–H groups in total. The second-order valence-electron chi connectivity index (χ2n) is 10.2. The Bertz CT molecular complexity index is 1540. The van der Waals surface area contributed by atoms with E-state index >= 15 is 0 Å². The van der Waals surface area contributed by atoms with Gasteiger partial charge < -0.3 is 9.64 Å². The largest absolute Gasteiger partial charge is 0.495 e. The molecule has 1 heterocycles. The Morgan fingerprint density at radius 3 is 1.90 bits per heavy atom. The molecule has 1 saturated heterocycles. The Hall–Kier alpha value is -3.69. The number of ether oxygens (including phenoxy) is 1. The first-order chi connectivity index (χ1) is 20.4. The van der Waals surface area contributed by atoms with Crippen molar-refractivity contribution in [3.8, 4) is 5.75 Å². The maximum Gasteiger partial charge on any atom is 0.243 e. The fourth-order valence-electron chi connectivity index (χ4n) is 5.33. The smallest absolute Gasteiger partial charge is 0.243 e. The predicted octanol–water partition coefficient (Wildman–Crippen LogP) is 5.47. The van der Waals surface area contributed by atoms with Gasteiger partial charge in [0.15, 0.2) is 0 Å². The lowest BCUT2D eigenvalue weighted by molar-refractivity contribution is -0.133. The standard InChI is InChI=1S/C33H34ClN3O4S/c1-41-31-18-17-29(23-30(31)34)42(39,40)37(24-26-11-5-2-6-12-26)25-32(38)35-19-21-36(22-20-35)33(27-13-7-3-8-14-27)28-15-9-4-10-16-28/h2-18,23,33H,19-22,24-25H2,1H3. The third kappa shape index (κ3) is 6.85. The molecule has 0 aliphatic carbocycles. The normalized spacial score (nSPS) is 14.3. The minimum absolute atomic E-state index is 0.00964. The van der Waals surface area contributed by atoms with Crippen LogP contribution in [-0.4, -0.2) is 68.3 Å². The summed E-state index contributed by atoms with van der Waals surface area (Å²) in [6.07, 6.45) is 0. The van der Waals surface area contributed by atoms with Gasteiger partial charge in [0.25, 0.3) is 0 Å². The van der Waals surface area contributed by atoms with E-state index < -0.39 is 10.0 Å². The van der Waals surface area contributed by atoms with Gasteiger partial charge in [-0.2, -0.15) is 4.31 Å². The number of amides is 1. The Kier molecular flexibility index (Phi) is 9.59. The van der Waals surface area contributed by atoms with Gasteiger partial charge in [-0.1, -0.05) is 103 Å². The fraction of sp³-hybridized carbons (Fsp3) is 0.242. The van der Waals surface area contributed by atoms with Crippen LogP contribution < -0.4 is 4.74 Å². The molecule has 0 spiro atoms. The summed E-state index contributed by atoms with van der Waals surface area (Å²) in [7, 11) is -2.57. The number of carbonyl (C=O) groups is 1. The van der Waals surface area contributed by atoms with E-state index in [0.29, 0.717) is 31.9 Å². The van der Waals surface area contributed by atoms with Crippen molar-refractivity contribution in [1.29, 1.82) is 0 Å². The van der Waals surface area contributed by atoms with Crippen LogP contribution in [0.25, 0.3) is 0 Å². The number of hydrogen-bond donors (Lipinski definition) is 0. The van der Waals surface area contributed by atoms with Crippen LogP contribution in [0.1, 0.15) is 22.7 Å². The summed E-state index contributed by atoms with van der Waals surface area (Å²) in [4.78, 5) is 17.8. The van der Waals surface area contributed by atoms with Gasteiger partial charge >= 0.3 is 0 Å². The molecule has 9 heteroatoms. The van der Waals surface area contributed by atoms with E-state index in [-0.39, 0.29) is 35.0 Å². The molecular formula is C33H34ClN3O4S. The second kappa shape index (κ2) is 13.5. The van der Waals surface area contributed by atoms with Gasteiger partial charge in [-0.25, -0.2) is 8.42 Å². The van der Waals surface area contributed by atoms with Crippen LogP contribution in [0, 0.1) is 0 Å². The van der Waals surface area contributed by atoms with Crippen molar-refractivity contribution in [2.75, 3.05) is 39.8 Å². The Morgan fingerprint density at radius 2 is 1.38 bits per heavy atom. The Labute approximate surface area is 252 Å². The summed E-state index contributed by atoms with van der Waals surface area (Å²) < 4.78 is 34.0. The molecule has 4 aromatic rings. The molecule has 5 rings (SSSR count). The number of piperazine rings is 1. The van der Waals surface area contributed by atoms with Crippen molar-refractivity contribution in [3.05, 3.63) is 131 Å². The van der Waals surface area contributed by atoms with Crippen molar-refractivity contribution < 1.29 is 17.9 Å². The quantitative estimate of drug-likeness (QED) is 0.240. The number of halogens is 1. The van der Waals surface area contributed by atoms with Crippen LogP contribution in [0.3, 0.4) is 0 Å². The van der Waals surface area contributed by atoms with Gasteiger partial charge in [0.05, 0.1) is 29.6 Å². The molecule has 218 valence electrons. The van der Waals surface area contributed by atoms with Crippen molar-refractivity contribution >= 4 is 27.5 Å². The van der Waals surface area contributed by atoms with E-state index in [0.717, 1.165) is 5.56 Å². The molecule has 4 aromatic carbocycles. The highest BCUT2D eigenvalue weighted by Crippen LogP contribution is 2.31. The summed E-state index contributed by atoms with van der Waals surface area (Å²) in [5.74, 6) is 0.146. The lowest BCUT2D eigenvalue weighted by atomic mass is 9.96. The van der Waals surface area contributed by atoms with E-state index in [1.54, 1.807) is 4.90 Å². The third-order valence-electron chi connectivity index (χ3n) is 7.54. The van der Waals surface area contributed by atoms with Gasteiger partial charge in [0.2, 0.25) is 15.9 Å². The molecule has 1 fully saturated rings. The van der Waals surface area contributed by atoms with E-state index in [1.165, 1.54) is 40.7 Å². The highest BCUT2D eigenvalue weighted by molar-refractivity contribution is 7.89. The average Bonchev–Trinajstić information content (AvgIpc) is 3.02. The van der Waals surface area contributed by atoms with E-state index in [4.69, 9.17) is 16.3 Å². The summed E-state index contributed by atoms with van der Waals surface area (Å²) in [5, 5.41) is 0.187. The zero-order chi connectivity index (χ0) is 29.5. The molecule has 0 bridgehead atoms. The maximum absolute atomic E-state index is 13.8. The van der Waals surface area contributed by atoms with Crippen molar-refractivity contribution in [2.24, 2.45) is 0 Å². The molecule has 0 atom stereocenters. The lowest BCUT2D eigenvalue weighted by Gasteiger charge is -2.40. The van der Waals surface area contributed by atoms with Gasteiger partial charge in [-0.3, -0.25) is 9.69 Å². The molecule has 42 heavy (non-hydrogen) atoms. The van der Waals surface area contributed by atoms with E-state index in [9.17, 15) is 13.2 Å². The first kappa shape index (κ1) is 29.8. The van der Waals surface area contributed by atoms with E-state index in [2.05, 4.69) is 29.2 Å². The minimum atomic E-state index is -4.04. The van der Waals surface area contributed by atoms with Crippen molar-refractivity contribution in [1.82, 2.24) is 14.1 Å². The monoisotopic (exact) mass is 603 g/mol. The molecular weight excluding hydrogens is 570 g/mol. The molecule has 0 saturated carbocycles. The van der Waals surface area contributed by atoms with Crippen LogP contribution in [-0.2, 0) is 21.4 Å². The SMILES string of the molecule is COc1ccc(S(=O)(=O)N(CC(=O)N2CCN(C(c3ccccc3)c3ccccc3)CC2)Cc2ccccc2)cc1Cl. The van der Waals surface area contributed by atoms with Gasteiger partial charge in [0.1, 0.15) is 5.75 Å². The van der Waals surface area contributed by atoms with Gasteiger partial charge in [-0.05, 0) is 34.9 Å². The minimum Gasteiger partial charge on any atom is -0.495 e. The topological polar surface area (TPSA) is 70.2 Å². The molecule has 7 nitrogen and oxygen atoms in total. The lowest BCUT2D eigenvalue weighted by Crippen LogP contribution is -2.52. The molecule has 0 aromatic heterocycles. The Balaban J connectivity index is 1.33. The Morgan fingerprint density at radius 1 is 0.833 bits per heavy atom. The number of sulfonamides is 1. The molecule has 0 radical (unpaired) electrons. The van der Waals surface area contributed by atoms with E-state index in [1.807, 2.05) is 66.7 Å². The zero-order valence-electron chi connectivity index (χ0n) is 23.5. The van der Waals surface area contributed by atoms with Gasteiger partial charge in [0, 0.05) is 32.7 Å². The number of rotatable bonds is 10. The van der Waals surface area contributed by atoms with Crippen molar-refractivity contribution in [3.63, 3.8) is 0 Å². The maximum atomic E-state index is 13.8.